The number of halogens is 2. The summed E-state index contributed by atoms with van der Waals surface area (Å²) in [5.41, 5.74) is 0.737. The lowest BCUT2D eigenvalue weighted by Crippen LogP contribution is -2.39. The molecule has 2 rings (SSSR count). The Morgan fingerprint density at radius 1 is 1.33 bits per heavy atom. The third kappa shape index (κ3) is 3.09. The van der Waals surface area contributed by atoms with Crippen LogP contribution in [0.2, 0.25) is 10.0 Å². The number of carbonyl (C=O) groups excluding carboxylic acids is 1. The first-order chi connectivity index (χ1) is 8.58. The second-order valence-corrected chi connectivity index (χ2v) is 5.37. The number of amides is 1. The van der Waals surface area contributed by atoms with Gasteiger partial charge in [0, 0.05) is 18.1 Å². The summed E-state index contributed by atoms with van der Waals surface area (Å²) in [6.07, 6.45) is 2.19. The monoisotopic (exact) mass is 286 g/mol. The minimum Gasteiger partial charge on any atom is -0.373 e. The highest BCUT2D eigenvalue weighted by molar-refractivity contribution is 6.36. The highest BCUT2D eigenvalue weighted by atomic mass is 35.5. The van der Waals surface area contributed by atoms with Crippen molar-refractivity contribution < 1.29 is 4.79 Å². The van der Waals surface area contributed by atoms with Crippen molar-refractivity contribution in [3.8, 4) is 0 Å². The molecule has 0 radical (unpaired) electrons. The quantitative estimate of drug-likeness (QED) is 0.924. The van der Waals surface area contributed by atoms with Gasteiger partial charge in [0.15, 0.2) is 0 Å². The molecule has 3 nitrogen and oxygen atoms in total. The molecule has 0 aliphatic carbocycles. The van der Waals surface area contributed by atoms with E-state index in [9.17, 15) is 4.79 Å². The van der Waals surface area contributed by atoms with Gasteiger partial charge in [0.25, 0.3) is 0 Å². The number of benzene rings is 1. The van der Waals surface area contributed by atoms with Crippen LogP contribution in [0, 0.1) is 0 Å². The topological polar surface area (TPSA) is 32.3 Å². The molecule has 0 bridgehead atoms. The Morgan fingerprint density at radius 2 is 2.00 bits per heavy atom. The zero-order valence-electron chi connectivity index (χ0n) is 10.2. The summed E-state index contributed by atoms with van der Waals surface area (Å²) < 4.78 is 0. The number of carbonyl (C=O) groups is 1. The molecule has 1 unspecified atom stereocenters. The van der Waals surface area contributed by atoms with Gasteiger partial charge in [-0.15, -0.1) is 0 Å². The van der Waals surface area contributed by atoms with E-state index in [4.69, 9.17) is 23.2 Å². The molecular formula is C13H16Cl2N2O. The molecule has 1 N–H and O–H groups in total. The molecule has 0 saturated carbocycles. The molecule has 1 saturated heterocycles. The minimum absolute atomic E-state index is 0.124. The lowest BCUT2D eigenvalue weighted by atomic mass is 10.2. The van der Waals surface area contributed by atoms with Crippen molar-refractivity contribution in [2.24, 2.45) is 0 Å². The van der Waals surface area contributed by atoms with E-state index < -0.39 is 0 Å². The number of hydrogen-bond acceptors (Lipinski definition) is 2. The second kappa shape index (κ2) is 5.81. The molecule has 1 fully saturated rings. The number of hydrogen-bond donors (Lipinski definition) is 1. The number of nitrogens with one attached hydrogen (secondary N) is 1. The Bertz CT molecular complexity index is 445. The van der Waals surface area contributed by atoms with Crippen molar-refractivity contribution in [3.63, 3.8) is 0 Å². The van der Waals surface area contributed by atoms with Gasteiger partial charge in [-0.3, -0.25) is 4.79 Å². The van der Waals surface area contributed by atoms with Crippen molar-refractivity contribution >= 4 is 34.8 Å². The molecule has 5 heteroatoms. The van der Waals surface area contributed by atoms with Crippen LogP contribution >= 0.6 is 23.2 Å². The number of anilines is 1. The molecule has 1 aromatic rings. The molecule has 18 heavy (non-hydrogen) atoms. The van der Waals surface area contributed by atoms with Crippen LogP contribution in [0.25, 0.3) is 0 Å². The summed E-state index contributed by atoms with van der Waals surface area (Å²) in [7, 11) is 0. The van der Waals surface area contributed by atoms with Crippen molar-refractivity contribution in [1.82, 2.24) is 4.90 Å². The fourth-order valence-electron chi connectivity index (χ4n) is 2.11. The van der Waals surface area contributed by atoms with Gasteiger partial charge in [0.2, 0.25) is 5.91 Å². The Morgan fingerprint density at radius 3 is 2.61 bits per heavy atom. The first-order valence-electron chi connectivity index (χ1n) is 6.08. The van der Waals surface area contributed by atoms with Gasteiger partial charge in [-0.05, 0) is 38.0 Å². The number of rotatable bonds is 3. The van der Waals surface area contributed by atoms with Gasteiger partial charge in [-0.1, -0.05) is 23.2 Å². The maximum Gasteiger partial charge on any atom is 0.244 e. The Hall–Kier alpha value is -0.930. The van der Waals surface area contributed by atoms with Crippen LogP contribution < -0.4 is 5.32 Å². The van der Waals surface area contributed by atoms with Crippen LogP contribution in [0.15, 0.2) is 18.2 Å². The number of likely N-dealkylation sites (tertiary alicyclic amines) is 1. The lowest BCUT2D eigenvalue weighted by molar-refractivity contribution is -0.130. The van der Waals surface area contributed by atoms with Crippen LogP contribution in [-0.4, -0.2) is 29.9 Å². The summed E-state index contributed by atoms with van der Waals surface area (Å²) in [4.78, 5) is 14.0. The lowest BCUT2D eigenvalue weighted by Gasteiger charge is -2.22. The second-order valence-electron chi connectivity index (χ2n) is 4.52. The summed E-state index contributed by atoms with van der Waals surface area (Å²) in [6, 6.07) is 4.93. The summed E-state index contributed by atoms with van der Waals surface area (Å²) in [5, 5.41) is 4.25. The zero-order valence-corrected chi connectivity index (χ0v) is 11.8. The number of nitrogens with zero attached hydrogens (tertiary/aromatic N) is 1. The van der Waals surface area contributed by atoms with E-state index in [2.05, 4.69) is 5.32 Å². The van der Waals surface area contributed by atoms with Gasteiger partial charge in [-0.2, -0.15) is 0 Å². The van der Waals surface area contributed by atoms with Crippen LogP contribution in [0.4, 0.5) is 5.69 Å². The predicted octanol–water partition coefficient (Wildman–Crippen LogP) is 3.42. The van der Waals surface area contributed by atoms with Gasteiger partial charge in [0.05, 0.1) is 10.7 Å². The van der Waals surface area contributed by atoms with Gasteiger partial charge in [0.1, 0.15) is 6.04 Å². The molecule has 1 atom stereocenters. The Kier molecular flexibility index (Phi) is 4.36. The molecule has 1 aliphatic heterocycles. The van der Waals surface area contributed by atoms with E-state index in [1.807, 2.05) is 11.8 Å². The highest BCUT2D eigenvalue weighted by Crippen LogP contribution is 2.26. The van der Waals surface area contributed by atoms with E-state index in [0.29, 0.717) is 10.0 Å². The summed E-state index contributed by atoms with van der Waals surface area (Å²) in [6.45, 7) is 3.57. The average Bonchev–Trinajstić information content (AvgIpc) is 2.85. The van der Waals surface area contributed by atoms with Crippen LogP contribution in [0.3, 0.4) is 0 Å². The van der Waals surface area contributed by atoms with E-state index in [1.54, 1.807) is 18.2 Å². The molecule has 1 amide bonds. The fourth-order valence-corrected chi connectivity index (χ4v) is 2.58. The third-order valence-corrected chi connectivity index (χ3v) is 3.64. The van der Waals surface area contributed by atoms with Crippen molar-refractivity contribution in [1.29, 1.82) is 0 Å². The molecule has 98 valence electrons. The van der Waals surface area contributed by atoms with E-state index in [-0.39, 0.29) is 11.9 Å². The highest BCUT2D eigenvalue weighted by Gasteiger charge is 2.23. The van der Waals surface area contributed by atoms with Crippen LogP contribution in [0.5, 0.6) is 0 Å². The minimum atomic E-state index is -0.276. The van der Waals surface area contributed by atoms with Gasteiger partial charge >= 0.3 is 0 Å². The summed E-state index contributed by atoms with van der Waals surface area (Å²) in [5.74, 6) is 0.124. The molecule has 1 heterocycles. The van der Waals surface area contributed by atoms with Crippen molar-refractivity contribution in [3.05, 3.63) is 28.2 Å². The molecule has 0 spiro atoms. The van der Waals surface area contributed by atoms with E-state index >= 15 is 0 Å². The van der Waals surface area contributed by atoms with Gasteiger partial charge < -0.3 is 10.2 Å². The van der Waals surface area contributed by atoms with E-state index in [1.165, 1.54) is 0 Å². The average molecular weight is 287 g/mol. The first-order valence-corrected chi connectivity index (χ1v) is 6.84. The molecule has 1 aliphatic rings. The van der Waals surface area contributed by atoms with Crippen molar-refractivity contribution in [2.75, 3.05) is 18.4 Å². The maximum absolute atomic E-state index is 12.1. The van der Waals surface area contributed by atoms with Crippen molar-refractivity contribution in [2.45, 2.75) is 25.8 Å². The third-order valence-electron chi connectivity index (χ3n) is 3.09. The molecule has 1 aromatic carbocycles. The predicted molar refractivity (Wildman–Crippen MR) is 75.4 cm³/mol. The molecule has 0 aromatic heterocycles. The Balaban J connectivity index is 2.01. The largest absolute Gasteiger partial charge is 0.373 e. The standard InChI is InChI=1S/C13H16Cl2N2O/c1-9(13(18)17-6-2-3-7-17)16-12-5-4-10(14)8-11(12)15/h4-5,8-9,16H,2-3,6-7H2,1H3. The zero-order chi connectivity index (χ0) is 13.1. The maximum atomic E-state index is 12.1. The Labute approximate surface area is 117 Å². The van der Waals surface area contributed by atoms with Crippen LogP contribution in [0.1, 0.15) is 19.8 Å². The van der Waals surface area contributed by atoms with Gasteiger partial charge in [-0.25, -0.2) is 0 Å². The first kappa shape index (κ1) is 13.5. The summed E-state index contributed by atoms with van der Waals surface area (Å²) >= 11 is 11.9. The van der Waals surface area contributed by atoms with E-state index in [0.717, 1.165) is 31.6 Å². The van der Waals surface area contributed by atoms with Crippen LogP contribution in [-0.2, 0) is 4.79 Å². The SMILES string of the molecule is CC(Nc1ccc(Cl)cc1Cl)C(=O)N1CCCC1. The fraction of sp³-hybridized carbons (Fsp3) is 0.462. The normalized spacial score (nSPS) is 16.7. The molecular weight excluding hydrogens is 271 g/mol. The smallest absolute Gasteiger partial charge is 0.244 e.